The molecule has 0 radical (unpaired) electrons. The molecule has 0 atom stereocenters. The molecule has 1 spiro atoms. The number of aliphatic imine (C=N–C) groups is 1. The van der Waals surface area contributed by atoms with E-state index in [0.717, 1.165) is 29.8 Å². The van der Waals surface area contributed by atoms with Crippen LogP contribution in [-0.2, 0) is 14.8 Å². The summed E-state index contributed by atoms with van der Waals surface area (Å²) >= 11 is 0. The highest BCUT2D eigenvalue weighted by Gasteiger charge is 2.47. The Kier molecular flexibility index (Phi) is 8.49. The van der Waals surface area contributed by atoms with Crippen molar-refractivity contribution in [2.75, 3.05) is 40.3 Å². The number of amides is 1. The molecule has 9 nitrogen and oxygen atoms in total. The van der Waals surface area contributed by atoms with Gasteiger partial charge in [-0.1, -0.05) is 18.2 Å². The highest BCUT2D eigenvalue weighted by atomic mass is 32.2. The van der Waals surface area contributed by atoms with Crippen LogP contribution in [0.4, 0.5) is 4.53 Å². The predicted molar refractivity (Wildman–Crippen MR) is 144 cm³/mol. The number of benzene rings is 2. The van der Waals surface area contributed by atoms with Gasteiger partial charge in [-0.2, -0.15) is 4.31 Å². The largest absolute Gasteiger partial charge is 0.494 e. The van der Waals surface area contributed by atoms with Crippen LogP contribution < -0.4 is 15.0 Å². The van der Waals surface area contributed by atoms with E-state index in [2.05, 4.69) is 20.2 Å². The molecule has 1 N–H and O–H groups in total. The average Bonchev–Trinajstić information content (AvgIpc) is 3.21. The second-order valence-electron chi connectivity index (χ2n) is 9.82. The molecule has 2 aromatic carbocycles. The van der Waals surface area contributed by atoms with Crippen molar-refractivity contribution in [1.29, 1.82) is 0 Å². The monoisotopic (exact) mass is 544 g/mol. The topological polar surface area (TPSA) is 101 Å². The van der Waals surface area contributed by atoms with Crippen molar-refractivity contribution >= 4 is 27.8 Å². The normalized spacial score (nSPS) is 17.7. The van der Waals surface area contributed by atoms with E-state index in [1.165, 1.54) is 21.8 Å². The van der Waals surface area contributed by atoms with Crippen LogP contribution in [0, 0.1) is 6.92 Å². The molecule has 2 heterocycles. The number of piperidine rings is 1. The van der Waals surface area contributed by atoms with Gasteiger partial charge in [0, 0.05) is 35.1 Å². The van der Waals surface area contributed by atoms with Crippen LogP contribution >= 0.6 is 0 Å². The number of sulfonamides is 1. The highest BCUT2D eigenvalue weighted by molar-refractivity contribution is 7.92. The van der Waals surface area contributed by atoms with Gasteiger partial charge in [0.15, 0.2) is 5.75 Å². The number of carbonyl (C=O) groups is 1. The Labute approximate surface area is 222 Å². The molecule has 1 saturated heterocycles. The molecule has 2 aliphatic heterocycles. The minimum atomic E-state index is -3.69. The van der Waals surface area contributed by atoms with Gasteiger partial charge >= 0.3 is 0 Å². The number of hydrogen-bond acceptors (Lipinski definition) is 7. The molecule has 38 heavy (non-hydrogen) atoms. The molecular formula is C27H33FN4O5S. The van der Waals surface area contributed by atoms with Gasteiger partial charge in [-0.3, -0.25) is 14.7 Å². The van der Waals surface area contributed by atoms with Crippen molar-refractivity contribution < 1.29 is 27.4 Å². The lowest BCUT2D eigenvalue weighted by Gasteiger charge is -2.34. The van der Waals surface area contributed by atoms with Crippen LogP contribution in [0.2, 0.25) is 0 Å². The lowest BCUT2D eigenvalue weighted by molar-refractivity contribution is -0.124. The summed E-state index contributed by atoms with van der Waals surface area (Å²) in [5, 5.41) is 3.96. The van der Waals surface area contributed by atoms with Crippen molar-refractivity contribution in [3.8, 4) is 11.5 Å². The summed E-state index contributed by atoms with van der Waals surface area (Å²) in [5.41, 5.74) is 1.16. The molecule has 0 unspecified atom stereocenters. The van der Waals surface area contributed by atoms with E-state index in [9.17, 15) is 17.7 Å². The summed E-state index contributed by atoms with van der Waals surface area (Å²) in [7, 11) is 0.341. The summed E-state index contributed by atoms with van der Waals surface area (Å²) in [6.07, 6.45) is 2.99. The van der Waals surface area contributed by atoms with Gasteiger partial charge in [0.2, 0.25) is 10.0 Å². The van der Waals surface area contributed by atoms with Gasteiger partial charge in [0.25, 0.3) is 5.91 Å². The number of carbonyl (C=O) groups excluding carboxylic acids is 1. The molecule has 11 heteroatoms. The number of nitrogens with zero attached hydrogens (tertiary/aromatic N) is 3. The van der Waals surface area contributed by atoms with Crippen LogP contribution in [0.5, 0.6) is 11.5 Å². The summed E-state index contributed by atoms with van der Waals surface area (Å²) in [6.45, 7) is 3.77. The van der Waals surface area contributed by atoms with Gasteiger partial charge in [0.05, 0.1) is 6.61 Å². The maximum Gasteiger partial charge on any atom is 0.253 e. The predicted octanol–water partition coefficient (Wildman–Crippen LogP) is 3.30. The third kappa shape index (κ3) is 6.40. The second kappa shape index (κ2) is 11.6. The lowest BCUT2D eigenvalue weighted by atomic mass is 9.89. The van der Waals surface area contributed by atoms with Crippen molar-refractivity contribution in [2.24, 2.45) is 4.99 Å². The highest BCUT2D eigenvalue weighted by Crippen LogP contribution is 2.33. The minimum Gasteiger partial charge on any atom is -0.494 e. The standard InChI is InChI=1S/C27H33FN4O5S/c1-20-18-23(36-16-5-13-31(2)3)9-8-21(20)10-17-38(34,35)32-14-11-27(12-15-32)26(33)29-25(30-27)22-6-4-7-24(19-22)37-28/h4,6-10,17-19H,5,11-16H2,1-3H3,(H,29,30,33)/b17-10+. The summed E-state index contributed by atoms with van der Waals surface area (Å²) in [4.78, 5) is 23.3. The van der Waals surface area contributed by atoms with E-state index >= 15 is 0 Å². The molecule has 2 aromatic rings. The molecule has 1 amide bonds. The van der Waals surface area contributed by atoms with E-state index in [0.29, 0.717) is 18.0 Å². The van der Waals surface area contributed by atoms with Gasteiger partial charge < -0.3 is 15.0 Å². The Morgan fingerprint density at radius 3 is 2.61 bits per heavy atom. The molecule has 2 aliphatic rings. The molecule has 204 valence electrons. The van der Waals surface area contributed by atoms with Crippen molar-refractivity contribution in [3.05, 3.63) is 64.6 Å². The Morgan fingerprint density at radius 2 is 1.92 bits per heavy atom. The first-order valence-corrected chi connectivity index (χ1v) is 14.0. The number of halogens is 1. The van der Waals surface area contributed by atoms with E-state index in [1.807, 2.05) is 39.2 Å². The smallest absolute Gasteiger partial charge is 0.253 e. The molecule has 1 fully saturated rings. The van der Waals surface area contributed by atoms with Gasteiger partial charge in [-0.25, -0.2) is 8.42 Å². The third-order valence-corrected chi connectivity index (χ3v) is 8.33. The summed E-state index contributed by atoms with van der Waals surface area (Å²) in [6, 6.07) is 11.8. The van der Waals surface area contributed by atoms with Crippen molar-refractivity contribution in [1.82, 2.24) is 14.5 Å². The quantitative estimate of drug-likeness (QED) is 0.461. The molecule has 0 aromatic heterocycles. The number of ether oxygens (including phenoxy) is 1. The maximum atomic E-state index is 13.0. The maximum absolute atomic E-state index is 13.0. The average molecular weight is 545 g/mol. The third-order valence-electron chi connectivity index (χ3n) is 6.77. The number of hydrogen-bond donors (Lipinski definition) is 1. The van der Waals surface area contributed by atoms with Gasteiger partial charge in [-0.15, -0.1) is 0 Å². The first-order valence-electron chi connectivity index (χ1n) is 12.5. The molecule has 4 rings (SSSR count). The van der Waals surface area contributed by atoms with Crippen LogP contribution in [0.15, 0.2) is 52.9 Å². The Bertz CT molecular complexity index is 1330. The van der Waals surface area contributed by atoms with E-state index in [-0.39, 0.29) is 37.6 Å². The van der Waals surface area contributed by atoms with Gasteiger partial charge in [-0.05, 0) is 81.7 Å². The number of amidine groups is 1. The fourth-order valence-corrected chi connectivity index (χ4v) is 5.72. The zero-order valence-corrected chi connectivity index (χ0v) is 22.6. The number of aryl methyl sites for hydroxylation is 1. The van der Waals surface area contributed by atoms with Crippen LogP contribution in [0.3, 0.4) is 0 Å². The molecular weight excluding hydrogens is 511 g/mol. The number of nitrogens with one attached hydrogen (secondary N) is 1. The summed E-state index contributed by atoms with van der Waals surface area (Å²) < 4.78 is 45.8. The Hall–Kier alpha value is -3.28. The van der Waals surface area contributed by atoms with Crippen LogP contribution in [-0.4, -0.2) is 75.2 Å². The zero-order valence-electron chi connectivity index (χ0n) is 21.8. The van der Waals surface area contributed by atoms with Gasteiger partial charge in [0.1, 0.15) is 17.1 Å². The fraction of sp³-hybridized carbons (Fsp3) is 0.407. The van der Waals surface area contributed by atoms with Crippen molar-refractivity contribution in [3.63, 3.8) is 0 Å². The first kappa shape index (κ1) is 27.7. The van der Waals surface area contributed by atoms with Crippen molar-refractivity contribution in [2.45, 2.75) is 31.7 Å². The molecule has 0 aliphatic carbocycles. The summed E-state index contributed by atoms with van der Waals surface area (Å²) in [5.74, 6) is 0.795. The fourth-order valence-electron chi connectivity index (χ4n) is 4.54. The van der Waals surface area contributed by atoms with Crippen LogP contribution in [0.25, 0.3) is 6.08 Å². The zero-order chi connectivity index (χ0) is 27.3. The minimum absolute atomic E-state index is 0.00510. The van der Waals surface area contributed by atoms with Crippen LogP contribution in [0.1, 0.15) is 36.0 Å². The Morgan fingerprint density at radius 1 is 1.16 bits per heavy atom. The molecule has 0 saturated carbocycles. The number of rotatable bonds is 10. The van der Waals surface area contributed by atoms with E-state index < -0.39 is 15.6 Å². The Balaban J connectivity index is 1.38. The second-order valence-corrected chi connectivity index (χ2v) is 11.6. The first-order chi connectivity index (χ1) is 18.1. The lowest BCUT2D eigenvalue weighted by Crippen LogP contribution is -2.50. The van der Waals surface area contributed by atoms with E-state index in [1.54, 1.807) is 18.2 Å². The SMILES string of the molecule is Cc1cc(OCCCN(C)C)ccc1/C=C/S(=O)(=O)N1CCC2(CC1)N=C(c1cccc(OF)c1)NC2=O. The van der Waals surface area contributed by atoms with E-state index in [4.69, 9.17) is 4.74 Å². The molecule has 0 bridgehead atoms.